The van der Waals surface area contributed by atoms with Crippen LogP contribution in [0.15, 0.2) is 12.3 Å². The highest BCUT2D eigenvalue weighted by atomic mass is 79.9. The molecule has 0 aliphatic carbocycles. The molecule has 0 aromatic carbocycles. The van der Waals surface area contributed by atoms with Gasteiger partial charge in [-0.25, -0.2) is 9.78 Å². The van der Waals surface area contributed by atoms with Crippen molar-refractivity contribution >= 4 is 33.6 Å². The highest BCUT2D eigenvalue weighted by Crippen LogP contribution is 2.51. The van der Waals surface area contributed by atoms with Gasteiger partial charge in [0.1, 0.15) is 16.4 Å². The molecule has 1 N–H and O–H groups in total. The van der Waals surface area contributed by atoms with Crippen molar-refractivity contribution in [3.63, 3.8) is 0 Å². The van der Waals surface area contributed by atoms with Gasteiger partial charge >= 0.3 is 6.09 Å². The molecule has 2 fully saturated rings. The Balaban J connectivity index is 1.93. The first-order valence-electron chi connectivity index (χ1n) is 8.10. The van der Waals surface area contributed by atoms with Gasteiger partial charge in [0.2, 0.25) is 0 Å². The Labute approximate surface area is 155 Å². The molecule has 0 spiro atoms. The normalized spacial score (nSPS) is 29.2. The average molecular weight is 418 g/mol. The summed E-state index contributed by atoms with van der Waals surface area (Å²) in [7, 11) is 0. The minimum atomic E-state index is -1.11. The summed E-state index contributed by atoms with van der Waals surface area (Å²) in [5.74, 6) is 0. The molecule has 24 heavy (non-hydrogen) atoms. The number of ether oxygens (including phenoxy) is 1. The molecule has 2 aliphatic heterocycles. The fourth-order valence-corrected chi connectivity index (χ4v) is 4.54. The van der Waals surface area contributed by atoms with Crippen molar-refractivity contribution in [1.29, 1.82) is 0 Å². The molecule has 132 valence electrons. The summed E-state index contributed by atoms with van der Waals surface area (Å²) in [5.41, 5.74) is -0.0284. The highest BCUT2D eigenvalue weighted by molar-refractivity contribution is 9.08. The van der Waals surface area contributed by atoms with Crippen molar-refractivity contribution in [3.8, 4) is 0 Å². The number of hydrogen-bond donors (Lipinski definition) is 1. The third kappa shape index (κ3) is 3.04. The maximum atomic E-state index is 12.6. The number of hydrogen-bond acceptors (Lipinski definition) is 4. The van der Waals surface area contributed by atoms with E-state index in [1.165, 1.54) is 0 Å². The Morgan fingerprint density at radius 1 is 1.54 bits per heavy atom. The molecule has 1 amide bonds. The monoisotopic (exact) mass is 416 g/mol. The predicted octanol–water partition coefficient (Wildman–Crippen LogP) is 3.99. The summed E-state index contributed by atoms with van der Waals surface area (Å²) >= 11 is 9.43. The van der Waals surface area contributed by atoms with Gasteiger partial charge in [0.15, 0.2) is 0 Å². The molecular formula is C17H22BrClN2O3. The second-order valence-electron chi connectivity index (χ2n) is 7.56. The van der Waals surface area contributed by atoms with Gasteiger partial charge in [-0.15, -0.1) is 0 Å². The van der Waals surface area contributed by atoms with Crippen LogP contribution in [0.5, 0.6) is 0 Å². The molecule has 5 nitrogen and oxygen atoms in total. The molecule has 0 unspecified atom stereocenters. The smallest absolute Gasteiger partial charge is 0.410 e. The van der Waals surface area contributed by atoms with Crippen LogP contribution in [0.25, 0.3) is 0 Å². The van der Waals surface area contributed by atoms with Gasteiger partial charge in [-0.05, 0) is 45.2 Å². The first-order chi connectivity index (χ1) is 11.2. The zero-order valence-corrected chi connectivity index (χ0v) is 16.4. The number of carbonyl (C=O) groups is 1. The molecular weight excluding hydrogens is 396 g/mol. The highest BCUT2D eigenvalue weighted by Gasteiger charge is 2.59. The molecule has 2 bridgehead atoms. The van der Waals surface area contributed by atoms with Crippen LogP contribution in [0.2, 0.25) is 5.15 Å². The fourth-order valence-electron chi connectivity index (χ4n) is 3.90. The number of nitrogens with zero attached hydrogens (tertiary/aromatic N) is 2. The predicted molar refractivity (Wildman–Crippen MR) is 95.3 cm³/mol. The largest absolute Gasteiger partial charge is 0.444 e. The van der Waals surface area contributed by atoms with Crippen molar-refractivity contribution in [2.24, 2.45) is 0 Å². The number of amides is 1. The van der Waals surface area contributed by atoms with E-state index in [0.29, 0.717) is 16.9 Å². The molecule has 2 saturated heterocycles. The van der Waals surface area contributed by atoms with E-state index in [1.807, 2.05) is 20.8 Å². The summed E-state index contributed by atoms with van der Waals surface area (Å²) < 4.78 is 5.54. The van der Waals surface area contributed by atoms with E-state index in [4.69, 9.17) is 16.3 Å². The molecule has 3 heterocycles. The van der Waals surface area contributed by atoms with Crippen LogP contribution in [-0.2, 0) is 15.7 Å². The lowest BCUT2D eigenvalue weighted by Gasteiger charge is -2.34. The van der Waals surface area contributed by atoms with Gasteiger partial charge in [-0.1, -0.05) is 27.5 Å². The van der Waals surface area contributed by atoms with Crippen LogP contribution in [0, 0.1) is 0 Å². The molecule has 1 aromatic rings. The Bertz CT molecular complexity index is 664. The Kier molecular flexibility index (Phi) is 4.60. The quantitative estimate of drug-likeness (QED) is 0.584. The lowest BCUT2D eigenvalue weighted by atomic mass is 9.78. The SMILES string of the molecule is CC(C)(C)OC(=O)N1[C@H]2CC[C@@H]1[C@@](O)(c1cnc(Cl)cc1CBr)C2. The summed E-state index contributed by atoms with van der Waals surface area (Å²) in [4.78, 5) is 18.5. The van der Waals surface area contributed by atoms with Crippen molar-refractivity contribution in [1.82, 2.24) is 9.88 Å². The Morgan fingerprint density at radius 3 is 2.88 bits per heavy atom. The topological polar surface area (TPSA) is 62.7 Å². The average Bonchev–Trinajstić information content (AvgIpc) is 3.00. The third-order valence-electron chi connectivity index (χ3n) is 4.77. The van der Waals surface area contributed by atoms with E-state index >= 15 is 0 Å². The van der Waals surface area contributed by atoms with Crippen LogP contribution in [-0.4, -0.2) is 38.8 Å². The van der Waals surface area contributed by atoms with Crippen molar-refractivity contribution in [2.45, 2.75) is 68.6 Å². The van der Waals surface area contributed by atoms with Gasteiger partial charge in [0.25, 0.3) is 0 Å². The minimum Gasteiger partial charge on any atom is -0.444 e. The van der Waals surface area contributed by atoms with Gasteiger partial charge in [-0.3, -0.25) is 4.90 Å². The Hall–Kier alpha value is -0.850. The number of rotatable bonds is 2. The standard InChI is InChI=1S/C17H22BrClN2O3/c1-16(2,3)24-15(22)21-11-4-5-13(21)17(23,7-11)12-9-20-14(19)6-10(12)8-18/h6,9,11,13,23H,4-5,7-8H2,1-3H3/t11-,13+,17-/m0/s1. The van der Waals surface area contributed by atoms with E-state index in [-0.39, 0.29) is 18.2 Å². The molecule has 3 atom stereocenters. The molecule has 1 aromatic heterocycles. The van der Waals surface area contributed by atoms with E-state index in [9.17, 15) is 9.90 Å². The van der Waals surface area contributed by atoms with Crippen LogP contribution in [0.4, 0.5) is 4.79 Å². The summed E-state index contributed by atoms with van der Waals surface area (Å²) in [6, 6.07) is 1.46. The van der Waals surface area contributed by atoms with Crippen LogP contribution in [0.1, 0.15) is 51.2 Å². The van der Waals surface area contributed by atoms with Gasteiger partial charge in [0.05, 0.1) is 6.04 Å². The number of halogens is 2. The number of alkyl halides is 1. The molecule has 7 heteroatoms. The number of aromatic nitrogens is 1. The number of fused-ring (bicyclic) bond motifs is 2. The maximum Gasteiger partial charge on any atom is 0.410 e. The second-order valence-corrected chi connectivity index (χ2v) is 8.51. The maximum absolute atomic E-state index is 12.6. The Morgan fingerprint density at radius 2 is 2.25 bits per heavy atom. The lowest BCUT2D eigenvalue weighted by Crippen LogP contribution is -2.45. The molecule has 2 aliphatic rings. The lowest BCUT2D eigenvalue weighted by molar-refractivity contribution is -0.0161. The van der Waals surface area contributed by atoms with Crippen LogP contribution in [0.3, 0.4) is 0 Å². The van der Waals surface area contributed by atoms with E-state index in [0.717, 1.165) is 24.0 Å². The van der Waals surface area contributed by atoms with Gasteiger partial charge < -0.3 is 9.84 Å². The number of carbonyl (C=O) groups excluding carboxylic acids is 1. The third-order valence-corrected chi connectivity index (χ3v) is 5.58. The number of pyridine rings is 1. The van der Waals surface area contributed by atoms with Gasteiger partial charge in [0, 0.05) is 29.6 Å². The molecule has 0 saturated carbocycles. The van der Waals surface area contributed by atoms with E-state index in [1.54, 1.807) is 17.2 Å². The van der Waals surface area contributed by atoms with Crippen molar-refractivity contribution in [2.75, 3.05) is 0 Å². The summed E-state index contributed by atoms with van der Waals surface area (Å²) in [5, 5.41) is 12.4. The molecule has 0 radical (unpaired) electrons. The van der Waals surface area contributed by atoms with Crippen molar-refractivity contribution in [3.05, 3.63) is 28.5 Å². The van der Waals surface area contributed by atoms with E-state index in [2.05, 4.69) is 20.9 Å². The second kappa shape index (κ2) is 6.15. The van der Waals surface area contributed by atoms with Crippen LogP contribution < -0.4 is 0 Å². The summed E-state index contributed by atoms with van der Waals surface area (Å²) in [6.07, 6.45) is 3.42. The summed E-state index contributed by atoms with van der Waals surface area (Å²) in [6.45, 7) is 5.55. The van der Waals surface area contributed by atoms with Crippen LogP contribution >= 0.6 is 27.5 Å². The zero-order valence-electron chi connectivity index (χ0n) is 14.1. The first kappa shape index (κ1) is 18.0. The van der Waals surface area contributed by atoms with Gasteiger partial charge in [-0.2, -0.15) is 0 Å². The van der Waals surface area contributed by atoms with E-state index < -0.39 is 11.2 Å². The zero-order chi connectivity index (χ0) is 17.7. The fraction of sp³-hybridized carbons (Fsp3) is 0.647. The van der Waals surface area contributed by atoms with Crippen molar-refractivity contribution < 1.29 is 14.6 Å². The first-order valence-corrected chi connectivity index (χ1v) is 9.60. The number of aliphatic hydroxyl groups is 1. The minimum absolute atomic E-state index is 0.00583. The molecule has 3 rings (SSSR count).